The molecule has 0 saturated heterocycles. The number of nitrogens with zero attached hydrogens (tertiary/aromatic N) is 1. The lowest BCUT2D eigenvalue weighted by atomic mass is 10.2. The summed E-state index contributed by atoms with van der Waals surface area (Å²) in [6.07, 6.45) is 0. The van der Waals surface area contributed by atoms with Crippen LogP contribution in [0.3, 0.4) is 0 Å². The molecule has 0 radical (unpaired) electrons. The fourth-order valence-electron chi connectivity index (χ4n) is 2.57. The lowest BCUT2D eigenvalue weighted by Gasteiger charge is -2.11. The zero-order valence-corrected chi connectivity index (χ0v) is 16.8. The largest absolute Gasteiger partial charge is 0.497 e. The van der Waals surface area contributed by atoms with E-state index in [0.29, 0.717) is 32.9 Å². The maximum Gasteiger partial charge on any atom is 0.267 e. The minimum absolute atomic E-state index is 0.253. The molecule has 28 heavy (non-hydrogen) atoms. The minimum Gasteiger partial charge on any atom is -0.497 e. The van der Waals surface area contributed by atoms with Gasteiger partial charge in [0.05, 0.1) is 32.7 Å². The normalized spacial score (nSPS) is 10.3. The molecule has 7 nitrogen and oxygen atoms in total. The van der Waals surface area contributed by atoms with Crippen molar-refractivity contribution in [3.63, 3.8) is 0 Å². The molecule has 2 aromatic carbocycles. The second-order valence-corrected chi connectivity index (χ2v) is 6.81. The Morgan fingerprint density at radius 1 is 1.00 bits per heavy atom. The van der Waals surface area contributed by atoms with Gasteiger partial charge in [0.15, 0.2) is 5.13 Å². The fourth-order valence-corrected chi connectivity index (χ4v) is 3.45. The molecule has 0 aliphatic carbocycles. The molecule has 8 heteroatoms. The number of anilines is 3. The lowest BCUT2D eigenvalue weighted by molar-refractivity contribution is 0.102. The van der Waals surface area contributed by atoms with Gasteiger partial charge in [-0.3, -0.25) is 4.79 Å². The molecular weight excluding hydrogens is 378 g/mol. The van der Waals surface area contributed by atoms with Gasteiger partial charge in [0.1, 0.15) is 22.1 Å². The van der Waals surface area contributed by atoms with E-state index in [4.69, 9.17) is 14.2 Å². The van der Waals surface area contributed by atoms with E-state index in [0.717, 1.165) is 11.4 Å². The number of ether oxygens (including phenoxy) is 3. The van der Waals surface area contributed by atoms with Crippen molar-refractivity contribution in [3.05, 3.63) is 53.0 Å². The van der Waals surface area contributed by atoms with Crippen LogP contribution in [-0.2, 0) is 0 Å². The number of carbonyl (C=O) groups is 1. The van der Waals surface area contributed by atoms with Gasteiger partial charge >= 0.3 is 0 Å². The topological polar surface area (TPSA) is 81.7 Å². The van der Waals surface area contributed by atoms with Gasteiger partial charge in [0.2, 0.25) is 0 Å². The highest BCUT2D eigenvalue weighted by Gasteiger charge is 2.17. The van der Waals surface area contributed by atoms with Crippen molar-refractivity contribution in [1.82, 2.24) is 4.98 Å². The van der Waals surface area contributed by atoms with Crippen molar-refractivity contribution in [2.75, 3.05) is 32.0 Å². The molecule has 0 fully saturated rings. The van der Waals surface area contributed by atoms with Crippen LogP contribution in [0.4, 0.5) is 16.5 Å². The Labute approximate surface area is 167 Å². The van der Waals surface area contributed by atoms with Gasteiger partial charge in [-0.1, -0.05) is 17.4 Å². The number of hydrogen-bond donors (Lipinski definition) is 2. The van der Waals surface area contributed by atoms with Crippen molar-refractivity contribution in [2.45, 2.75) is 6.92 Å². The third kappa shape index (κ3) is 4.34. The Morgan fingerprint density at radius 3 is 2.46 bits per heavy atom. The van der Waals surface area contributed by atoms with Gasteiger partial charge in [-0.25, -0.2) is 4.98 Å². The Bertz CT molecular complexity index is 987. The molecule has 1 heterocycles. The summed E-state index contributed by atoms with van der Waals surface area (Å²) in [4.78, 5) is 17.7. The highest BCUT2D eigenvalue weighted by Crippen LogP contribution is 2.31. The minimum atomic E-state index is -0.253. The van der Waals surface area contributed by atoms with Gasteiger partial charge in [-0.05, 0) is 31.2 Å². The molecule has 3 rings (SSSR count). The smallest absolute Gasteiger partial charge is 0.267 e. The van der Waals surface area contributed by atoms with Gasteiger partial charge in [0, 0.05) is 17.8 Å². The van der Waals surface area contributed by atoms with Crippen molar-refractivity contribution in [3.8, 4) is 17.2 Å². The van der Waals surface area contributed by atoms with Crippen LogP contribution >= 0.6 is 11.3 Å². The maximum absolute atomic E-state index is 12.7. The quantitative estimate of drug-likeness (QED) is 0.610. The highest BCUT2D eigenvalue weighted by atomic mass is 32.1. The molecule has 146 valence electrons. The molecule has 0 aliphatic rings. The first-order chi connectivity index (χ1) is 13.5. The van der Waals surface area contributed by atoms with E-state index in [1.54, 1.807) is 46.5 Å². The predicted octanol–water partition coefficient (Wildman–Crippen LogP) is 4.47. The predicted molar refractivity (Wildman–Crippen MR) is 111 cm³/mol. The zero-order chi connectivity index (χ0) is 20.1. The third-order valence-electron chi connectivity index (χ3n) is 3.98. The van der Waals surface area contributed by atoms with E-state index in [9.17, 15) is 4.79 Å². The number of amides is 1. The zero-order valence-electron chi connectivity index (χ0n) is 16.0. The van der Waals surface area contributed by atoms with Gasteiger partial charge in [-0.15, -0.1) is 0 Å². The van der Waals surface area contributed by atoms with Crippen molar-refractivity contribution >= 4 is 33.8 Å². The standard InChI is InChI=1S/C20H21N3O4S/c1-12-18(19(24)23-16-9-8-15(26-3)11-17(16)27-4)28-20(21-12)22-13-6-5-7-14(10-13)25-2/h5-11H,1-4H3,(H,21,22)(H,23,24). The van der Waals surface area contributed by atoms with Crippen molar-refractivity contribution < 1.29 is 19.0 Å². The number of carbonyl (C=O) groups excluding carboxylic acids is 1. The van der Waals surface area contributed by atoms with Gasteiger partial charge in [0.25, 0.3) is 5.91 Å². The van der Waals surface area contributed by atoms with Crippen LogP contribution in [0.2, 0.25) is 0 Å². The van der Waals surface area contributed by atoms with Gasteiger partial charge in [-0.2, -0.15) is 0 Å². The number of rotatable bonds is 7. The Balaban J connectivity index is 1.78. The second-order valence-electron chi connectivity index (χ2n) is 5.81. The number of methoxy groups -OCH3 is 3. The number of hydrogen-bond acceptors (Lipinski definition) is 7. The van der Waals surface area contributed by atoms with E-state index in [2.05, 4.69) is 15.6 Å². The van der Waals surface area contributed by atoms with Crippen LogP contribution in [0.15, 0.2) is 42.5 Å². The summed E-state index contributed by atoms with van der Waals surface area (Å²) in [7, 11) is 4.73. The van der Waals surface area contributed by atoms with Crippen LogP contribution in [0, 0.1) is 6.92 Å². The highest BCUT2D eigenvalue weighted by molar-refractivity contribution is 7.17. The van der Waals surface area contributed by atoms with E-state index in [1.807, 2.05) is 24.3 Å². The molecule has 2 N–H and O–H groups in total. The summed E-state index contributed by atoms with van der Waals surface area (Å²) in [5.74, 6) is 1.65. The molecule has 0 unspecified atom stereocenters. The summed E-state index contributed by atoms with van der Waals surface area (Å²) in [5.41, 5.74) is 2.03. The fraction of sp³-hybridized carbons (Fsp3) is 0.200. The average molecular weight is 399 g/mol. The number of aryl methyl sites for hydroxylation is 1. The molecule has 0 spiro atoms. The lowest BCUT2D eigenvalue weighted by Crippen LogP contribution is -2.12. The van der Waals surface area contributed by atoms with Crippen molar-refractivity contribution in [2.24, 2.45) is 0 Å². The second kappa shape index (κ2) is 8.62. The van der Waals surface area contributed by atoms with Crippen LogP contribution in [0.25, 0.3) is 0 Å². The molecule has 1 amide bonds. The summed E-state index contributed by atoms with van der Waals surface area (Å²) >= 11 is 1.28. The van der Waals surface area contributed by atoms with E-state index in [-0.39, 0.29) is 5.91 Å². The first-order valence-corrected chi connectivity index (χ1v) is 9.27. The number of aromatic nitrogens is 1. The Kier molecular flexibility index (Phi) is 6.00. The number of thiazole rings is 1. The monoisotopic (exact) mass is 399 g/mol. The first-order valence-electron chi connectivity index (χ1n) is 8.46. The van der Waals surface area contributed by atoms with Crippen LogP contribution in [0.1, 0.15) is 15.4 Å². The molecule has 0 atom stereocenters. The summed E-state index contributed by atoms with van der Waals surface area (Å²) < 4.78 is 15.7. The Hall–Kier alpha value is -3.26. The molecule has 0 aliphatic heterocycles. The summed E-state index contributed by atoms with van der Waals surface area (Å²) in [6.45, 7) is 1.80. The summed E-state index contributed by atoms with van der Waals surface area (Å²) in [5, 5.41) is 6.69. The number of benzene rings is 2. The van der Waals surface area contributed by atoms with Gasteiger partial charge < -0.3 is 24.8 Å². The number of nitrogens with one attached hydrogen (secondary N) is 2. The first kappa shape index (κ1) is 19.5. The molecule has 1 aromatic heterocycles. The van der Waals surface area contributed by atoms with Crippen LogP contribution in [-0.4, -0.2) is 32.2 Å². The van der Waals surface area contributed by atoms with E-state index < -0.39 is 0 Å². The third-order valence-corrected chi connectivity index (χ3v) is 5.05. The van der Waals surface area contributed by atoms with E-state index >= 15 is 0 Å². The SMILES string of the molecule is COc1cccc(Nc2nc(C)c(C(=O)Nc3ccc(OC)cc3OC)s2)c1. The van der Waals surface area contributed by atoms with Crippen LogP contribution < -0.4 is 24.8 Å². The molecule has 0 saturated carbocycles. The maximum atomic E-state index is 12.7. The molecular formula is C20H21N3O4S. The average Bonchev–Trinajstić information content (AvgIpc) is 3.08. The van der Waals surface area contributed by atoms with Crippen molar-refractivity contribution in [1.29, 1.82) is 0 Å². The summed E-state index contributed by atoms with van der Waals surface area (Å²) in [6, 6.07) is 12.7. The molecule has 3 aromatic rings. The molecule has 0 bridgehead atoms. The van der Waals surface area contributed by atoms with E-state index in [1.165, 1.54) is 11.3 Å². The Morgan fingerprint density at radius 2 is 1.75 bits per heavy atom. The van der Waals surface area contributed by atoms with Crippen LogP contribution in [0.5, 0.6) is 17.2 Å².